The lowest BCUT2D eigenvalue weighted by atomic mass is 10.1. The molecule has 0 saturated heterocycles. The number of ether oxygens (including phenoxy) is 2. The third kappa shape index (κ3) is 3.99. The van der Waals surface area contributed by atoms with Crippen molar-refractivity contribution in [2.24, 2.45) is 0 Å². The van der Waals surface area contributed by atoms with Crippen LogP contribution in [0.2, 0.25) is 0 Å². The first-order chi connectivity index (χ1) is 12.1. The summed E-state index contributed by atoms with van der Waals surface area (Å²) in [5.74, 6) is 1.31. The SMILES string of the molecule is CCOc1cc2c(cc1CNC(=O)Cn1cccnc1=O)O[C@H](C)C2. The van der Waals surface area contributed by atoms with Crippen LogP contribution in [0.5, 0.6) is 11.5 Å². The molecule has 0 saturated carbocycles. The Kier molecular flexibility index (Phi) is 5.02. The maximum absolute atomic E-state index is 12.1. The van der Waals surface area contributed by atoms with Gasteiger partial charge >= 0.3 is 5.69 Å². The van der Waals surface area contributed by atoms with Crippen molar-refractivity contribution >= 4 is 5.91 Å². The number of amides is 1. The molecule has 1 aliphatic heterocycles. The molecule has 132 valence electrons. The van der Waals surface area contributed by atoms with Crippen molar-refractivity contribution in [3.63, 3.8) is 0 Å². The lowest BCUT2D eigenvalue weighted by molar-refractivity contribution is -0.121. The number of nitrogens with one attached hydrogen (secondary N) is 1. The largest absolute Gasteiger partial charge is 0.494 e. The molecule has 1 N–H and O–H groups in total. The van der Waals surface area contributed by atoms with Crippen LogP contribution in [0.25, 0.3) is 0 Å². The minimum Gasteiger partial charge on any atom is -0.494 e. The van der Waals surface area contributed by atoms with E-state index in [-0.39, 0.29) is 18.6 Å². The minimum atomic E-state index is -0.451. The molecule has 1 aliphatic rings. The highest BCUT2D eigenvalue weighted by atomic mass is 16.5. The Labute approximate surface area is 145 Å². The molecule has 1 atom stereocenters. The molecule has 0 radical (unpaired) electrons. The van der Waals surface area contributed by atoms with Crippen LogP contribution < -0.4 is 20.5 Å². The van der Waals surface area contributed by atoms with Crippen LogP contribution >= 0.6 is 0 Å². The van der Waals surface area contributed by atoms with Gasteiger partial charge in [0.1, 0.15) is 24.1 Å². The molecule has 7 nitrogen and oxygen atoms in total. The summed E-state index contributed by atoms with van der Waals surface area (Å²) in [4.78, 5) is 27.3. The van der Waals surface area contributed by atoms with Crippen LogP contribution in [0.1, 0.15) is 25.0 Å². The summed E-state index contributed by atoms with van der Waals surface area (Å²) in [6, 6.07) is 5.51. The molecule has 2 heterocycles. The van der Waals surface area contributed by atoms with Gasteiger partial charge in [0.2, 0.25) is 5.91 Å². The molecule has 0 fully saturated rings. The second-order valence-corrected chi connectivity index (χ2v) is 5.94. The van der Waals surface area contributed by atoms with Crippen molar-refractivity contribution in [1.29, 1.82) is 0 Å². The van der Waals surface area contributed by atoms with Gasteiger partial charge in [-0.15, -0.1) is 0 Å². The van der Waals surface area contributed by atoms with Crippen LogP contribution in [-0.2, 0) is 24.3 Å². The van der Waals surface area contributed by atoms with Gasteiger partial charge in [-0.2, -0.15) is 0 Å². The van der Waals surface area contributed by atoms with E-state index in [2.05, 4.69) is 10.3 Å². The van der Waals surface area contributed by atoms with Crippen molar-refractivity contribution in [3.05, 3.63) is 52.2 Å². The zero-order valence-corrected chi connectivity index (χ0v) is 14.3. The summed E-state index contributed by atoms with van der Waals surface area (Å²) in [7, 11) is 0. The third-order valence-corrected chi connectivity index (χ3v) is 3.95. The molecular formula is C18H21N3O4. The number of carbonyl (C=O) groups is 1. The average molecular weight is 343 g/mol. The number of hydrogen-bond acceptors (Lipinski definition) is 5. The highest BCUT2D eigenvalue weighted by molar-refractivity contribution is 5.75. The van der Waals surface area contributed by atoms with E-state index < -0.39 is 5.69 Å². The molecule has 2 aromatic rings. The van der Waals surface area contributed by atoms with Crippen LogP contribution in [0.3, 0.4) is 0 Å². The van der Waals surface area contributed by atoms with E-state index in [1.54, 1.807) is 6.07 Å². The summed E-state index contributed by atoms with van der Waals surface area (Å²) in [6.07, 6.45) is 3.93. The lowest BCUT2D eigenvalue weighted by Crippen LogP contribution is -2.32. The Morgan fingerprint density at radius 2 is 2.32 bits per heavy atom. The molecule has 0 bridgehead atoms. The molecule has 1 amide bonds. The molecule has 25 heavy (non-hydrogen) atoms. The zero-order valence-electron chi connectivity index (χ0n) is 14.3. The molecule has 3 rings (SSSR count). The number of fused-ring (bicyclic) bond motifs is 1. The van der Waals surface area contributed by atoms with Gasteiger partial charge in [0.05, 0.1) is 6.61 Å². The minimum absolute atomic E-state index is 0.0743. The Bertz CT molecular complexity index is 831. The number of aromatic nitrogens is 2. The first kappa shape index (κ1) is 17.0. The first-order valence-corrected chi connectivity index (χ1v) is 8.30. The fourth-order valence-electron chi connectivity index (χ4n) is 2.82. The maximum atomic E-state index is 12.1. The van der Waals surface area contributed by atoms with Gasteiger partial charge in [-0.25, -0.2) is 9.78 Å². The van der Waals surface area contributed by atoms with Crippen LogP contribution in [-0.4, -0.2) is 28.2 Å². The quantitative estimate of drug-likeness (QED) is 0.854. The van der Waals surface area contributed by atoms with Gasteiger partial charge < -0.3 is 14.8 Å². The van der Waals surface area contributed by atoms with E-state index in [0.29, 0.717) is 13.2 Å². The number of benzene rings is 1. The molecule has 0 aliphatic carbocycles. The first-order valence-electron chi connectivity index (χ1n) is 8.30. The predicted molar refractivity (Wildman–Crippen MR) is 91.7 cm³/mol. The summed E-state index contributed by atoms with van der Waals surface area (Å²) in [6.45, 7) is 4.71. The highest BCUT2D eigenvalue weighted by Crippen LogP contribution is 2.35. The second-order valence-electron chi connectivity index (χ2n) is 5.94. The molecule has 0 unspecified atom stereocenters. The van der Waals surface area contributed by atoms with E-state index >= 15 is 0 Å². The normalized spacial score (nSPS) is 15.4. The van der Waals surface area contributed by atoms with Gasteiger partial charge in [-0.05, 0) is 32.0 Å². The van der Waals surface area contributed by atoms with Crippen LogP contribution in [0.15, 0.2) is 35.4 Å². The number of carbonyl (C=O) groups excluding carboxylic acids is 1. The monoisotopic (exact) mass is 343 g/mol. The Hall–Kier alpha value is -2.83. The summed E-state index contributed by atoms with van der Waals surface area (Å²) in [5.41, 5.74) is 1.52. The Morgan fingerprint density at radius 1 is 1.48 bits per heavy atom. The van der Waals surface area contributed by atoms with Gasteiger partial charge in [0, 0.05) is 36.5 Å². The molecular weight excluding hydrogens is 322 g/mol. The summed E-state index contributed by atoms with van der Waals surface area (Å²) in [5, 5.41) is 2.81. The van der Waals surface area contributed by atoms with E-state index in [1.165, 1.54) is 17.0 Å². The fourth-order valence-corrected chi connectivity index (χ4v) is 2.82. The van der Waals surface area contributed by atoms with Crippen molar-refractivity contribution in [2.75, 3.05) is 6.61 Å². The van der Waals surface area contributed by atoms with Crippen molar-refractivity contribution in [3.8, 4) is 11.5 Å². The van der Waals surface area contributed by atoms with E-state index in [0.717, 1.165) is 29.0 Å². The molecule has 0 spiro atoms. The average Bonchev–Trinajstić information content (AvgIpc) is 2.94. The van der Waals surface area contributed by atoms with E-state index in [9.17, 15) is 9.59 Å². The Morgan fingerprint density at radius 3 is 3.08 bits per heavy atom. The second kappa shape index (κ2) is 7.38. The third-order valence-electron chi connectivity index (χ3n) is 3.95. The summed E-state index contributed by atoms with van der Waals surface area (Å²) >= 11 is 0. The number of nitrogens with zero attached hydrogens (tertiary/aromatic N) is 2. The number of hydrogen-bond donors (Lipinski definition) is 1. The van der Waals surface area contributed by atoms with E-state index in [4.69, 9.17) is 9.47 Å². The van der Waals surface area contributed by atoms with Gasteiger partial charge in [-0.1, -0.05) is 0 Å². The van der Waals surface area contributed by atoms with Gasteiger partial charge in [0.25, 0.3) is 0 Å². The van der Waals surface area contributed by atoms with Gasteiger partial charge in [-0.3, -0.25) is 9.36 Å². The predicted octanol–water partition coefficient (Wildman–Crippen LogP) is 1.28. The Balaban J connectivity index is 1.70. The smallest absolute Gasteiger partial charge is 0.347 e. The zero-order chi connectivity index (χ0) is 17.8. The molecule has 1 aromatic carbocycles. The standard InChI is InChI=1S/C18H21N3O4/c1-3-24-15-8-13-7-12(2)25-16(13)9-14(15)10-20-17(22)11-21-6-4-5-19-18(21)23/h4-6,8-9,12H,3,7,10-11H2,1-2H3,(H,20,22)/t12-/m1/s1. The fraction of sp³-hybridized carbons (Fsp3) is 0.389. The van der Waals surface area contributed by atoms with Crippen LogP contribution in [0.4, 0.5) is 0 Å². The summed E-state index contributed by atoms with van der Waals surface area (Å²) < 4.78 is 12.7. The molecule has 7 heteroatoms. The maximum Gasteiger partial charge on any atom is 0.347 e. The van der Waals surface area contributed by atoms with Crippen molar-refractivity contribution in [2.45, 2.75) is 39.5 Å². The van der Waals surface area contributed by atoms with Crippen molar-refractivity contribution in [1.82, 2.24) is 14.9 Å². The molecule has 1 aromatic heterocycles. The van der Waals surface area contributed by atoms with Crippen LogP contribution in [0, 0.1) is 0 Å². The highest BCUT2D eigenvalue weighted by Gasteiger charge is 2.22. The topological polar surface area (TPSA) is 82.5 Å². The van der Waals surface area contributed by atoms with Crippen molar-refractivity contribution < 1.29 is 14.3 Å². The lowest BCUT2D eigenvalue weighted by Gasteiger charge is -2.13. The number of rotatable bonds is 6. The van der Waals surface area contributed by atoms with Gasteiger partial charge in [0.15, 0.2) is 0 Å². The van der Waals surface area contributed by atoms with E-state index in [1.807, 2.05) is 26.0 Å².